The highest BCUT2D eigenvalue weighted by Crippen LogP contribution is 2.14. The van der Waals surface area contributed by atoms with Gasteiger partial charge in [-0.1, -0.05) is 146 Å². The van der Waals surface area contributed by atoms with Gasteiger partial charge in [-0.15, -0.1) is 0 Å². The zero-order valence-electron chi connectivity index (χ0n) is 56.8. The van der Waals surface area contributed by atoms with E-state index in [1.165, 1.54) is 20.8 Å². The minimum Gasteiger partial charge on any atom is -0.480 e. The first-order valence-corrected chi connectivity index (χ1v) is 32.3. The number of carboxylic acids is 1. The molecule has 31 nitrogen and oxygen atoms in total. The Labute approximate surface area is 569 Å². The number of amides is 14. The molecule has 0 saturated carbocycles. The van der Waals surface area contributed by atoms with Crippen molar-refractivity contribution in [3.63, 3.8) is 0 Å². The van der Waals surface area contributed by atoms with E-state index in [4.69, 9.17) is 22.9 Å². The van der Waals surface area contributed by atoms with Crippen LogP contribution in [0.15, 0.2) is 91.0 Å². The molecule has 536 valence electrons. The summed E-state index contributed by atoms with van der Waals surface area (Å²) < 4.78 is 0. The van der Waals surface area contributed by atoms with Crippen LogP contribution in [-0.2, 0) is 91.2 Å². The molecule has 0 bridgehead atoms. The fraction of sp³-hybridized carbons (Fsp3) is 0.507. The van der Waals surface area contributed by atoms with Gasteiger partial charge in [0.1, 0.15) is 60.4 Å². The second-order valence-electron chi connectivity index (χ2n) is 25.4. The zero-order chi connectivity index (χ0) is 73.5. The maximum absolute atomic E-state index is 14.2. The van der Waals surface area contributed by atoms with Crippen molar-refractivity contribution in [2.45, 2.75) is 187 Å². The molecule has 3 rings (SSSR count). The van der Waals surface area contributed by atoms with Gasteiger partial charge in [-0.25, -0.2) is 4.79 Å². The van der Waals surface area contributed by atoms with Gasteiger partial charge in [0.2, 0.25) is 82.7 Å². The normalized spacial score (nSPS) is 14.5. The minimum atomic E-state index is -1.84. The summed E-state index contributed by atoms with van der Waals surface area (Å²) in [6, 6.07) is 10.3. The van der Waals surface area contributed by atoms with Crippen LogP contribution in [0.5, 0.6) is 0 Å². The molecular weight excluding hydrogens is 1270 g/mol. The first kappa shape index (κ1) is 81.9. The van der Waals surface area contributed by atoms with Gasteiger partial charge in [-0.05, 0) is 73.0 Å². The predicted octanol–water partition coefficient (Wildman–Crippen LogP) is -2.47. The van der Waals surface area contributed by atoms with Crippen LogP contribution in [0.2, 0.25) is 0 Å². The third-order valence-corrected chi connectivity index (χ3v) is 15.4. The molecule has 20 N–H and O–H groups in total. The number of benzene rings is 3. The Morgan fingerprint density at radius 2 is 0.724 bits per heavy atom. The number of hydrogen-bond donors (Lipinski definition) is 16. The third kappa shape index (κ3) is 29.3. The van der Waals surface area contributed by atoms with E-state index in [1.54, 1.807) is 133 Å². The van der Waals surface area contributed by atoms with Crippen molar-refractivity contribution in [2.24, 2.45) is 46.6 Å². The van der Waals surface area contributed by atoms with E-state index in [-0.39, 0.29) is 44.4 Å². The predicted molar refractivity (Wildman–Crippen MR) is 359 cm³/mol. The molecule has 0 heterocycles. The van der Waals surface area contributed by atoms with E-state index in [9.17, 15) is 77.0 Å². The number of nitrogens with one attached hydrogen (secondary N) is 11. The lowest BCUT2D eigenvalue weighted by Gasteiger charge is -2.29. The summed E-state index contributed by atoms with van der Waals surface area (Å²) >= 11 is 0. The maximum Gasteiger partial charge on any atom is 0.326 e. The summed E-state index contributed by atoms with van der Waals surface area (Å²) in [6.07, 6.45) is -2.51. The summed E-state index contributed by atoms with van der Waals surface area (Å²) in [5.74, 6) is -16.4. The Morgan fingerprint density at radius 1 is 0.367 bits per heavy atom. The molecule has 0 aliphatic rings. The number of primary amides is 3. The van der Waals surface area contributed by atoms with Crippen molar-refractivity contribution in [3.8, 4) is 0 Å². The Balaban J connectivity index is 1.78. The van der Waals surface area contributed by atoms with Crippen LogP contribution in [0, 0.1) is 23.7 Å². The van der Waals surface area contributed by atoms with Gasteiger partial charge in [-0.3, -0.25) is 67.1 Å². The van der Waals surface area contributed by atoms with Gasteiger partial charge in [0, 0.05) is 25.7 Å². The highest BCUT2D eigenvalue weighted by atomic mass is 16.4. The molecule has 0 fully saturated rings. The van der Waals surface area contributed by atoms with E-state index in [0.29, 0.717) is 11.1 Å². The monoisotopic (exact) mass is 1370 g/mol. The first-order valence-electron chi connectivity index (χ1n) is 32.3. The number of rotatable bonds is 42. The molecule has 14 amide bonds. The summed E-state index contributed by atoms with van der Waals surface area (Å²) in [7, 11) is 0. The molecule has 0 saturated heterocycles. The van der Waals surface area contributed by atoms with Crippen LogP contribution >= 0.6 is 0 Å². The molecule has 3 aromatic carbocycles. The molecule has 3 aromatic rings. The molecule has 31 heteroatoms. The van der Waals surface area contributed by atoms with Gasteiger partial charge in [0.05, 0.1) is 19.0 Å². The number of carbonyl (C=O) groups is 15. The van der Waals surface area contributed by atoms with Crippen LogP contribution in [-0.4, -0.2) is 167 Å². The lowest BCUT2D eigenvalue weighted by Crippen LogP contribution is -2.61. The number of nitrogens with two attached hydrogens (primary N) is 4. The topological polar surface area (TPSA) is 513 Å². The Hall–Kier alpha value is -10.3. The summed E-state index contributed by atoms with van der Waals surface area (Å²) in [6.45, 7) is 13.5. The molecule has 0 aromatic heterocycles. The molecule has 0 unspecified atom stereocenters. The number of carboxylic acid groups (broad SMARTS) is 1. The van der Waals surface area contributed by atoms with E-state index in [2.05, 4.69) is 58.5 Å². The first-order chi connectivity index (χ1) is 46.1. The lowest BCUT2D eigenvalue weighted by molar-refractivity contribution is -0.142. The van der Waals surface area contributed by atoms with Gasteiger partial charge >= 0.3 is 5.97 Å². The molecule has 0 spiro atoms. The Morgan fingerprint density at radius 3 is 1.16 bits per heavy atom. The number of hydrogen-bond acceptors (Lipinski definition) is 16. The van der Waals surface area contributed by atoms with Crippen molar-refractivity contribution in [1.29, 1.82) is 0 Å². The van der Waals surface area contributed by atoms with Crippen molar-refractivity contribution >= 4 is 88.7 Å². The summed E-state index contributed by atoms with van der Waals surface area (Å²) in [5.41, 5.74) is 24.4. The van der Waals surface area contributed by atoms with E-state index < -0.39 is 199 Å². The third-order valence-electron chi connectivity index (χ3n) is 15.4. The second kappa shape index (κ2) is 40.9. The molecular formula is C67H97N15O16. The van der Waals surface area contributed by atoms with E-state index in [1.807, 2.05) is 0 Å². The van der Waals surface area contributed by atoms with Gasteiger partial charge in [0.25, 0.3) is 0 Å². The van der Waals surface area contributed by atoms with Crippen LogP contribution < -0.4 is 81.4 Å². The number of aliphatic carboxylic acids is 1. The van der Waals surface area contributed by atoms with Crippen LogP contribution in [0.25, 0.3) is 0 Å². The standard InChI is InChI=1S/C67H97N15O16/c1-35(2)29-46(78-65(95)54(36(3)4)80-53(86)34-72-59(89)44(25-27-50(69)83)74-58(88)43(68)30-40-19-13-10-14-20-40)61(91)75-45(26-28-51(70)84)60(90)77-48(33-52(71)85)63(93)81-55(37(5)6)64(94)73-39(9)57(87)76-47(31-41-21-15-11-16-22-41)62(92)82-56(38(7)8)66(96)79-49(67(97)98)32-42-23-17-12-18-24-42/h10-24,35-39,43-49,54-56H,25-34,68H2,1-9H3,(H2,69,83)(H2,70,84)(H2,71,85)(H,72,89)(H,73,94)(H,74,88)(H,75,91)(H,76,87)(H,77,90)(H,78,95)(H,79,96)(H,80,86)(H,81,93)(H,82,92)(H,97,98)/t39-,43-,44-,45-,46-,47-,48-,49-,54-,55-,56-/m0/s1. The smallest absolute Gasteiger partial charge is 0.326 e. The van der Waals surface area contributed by atoms with Gasteiger partial charge in [0.15, 0.2) is 0 Å². The summed E-state index contributed by atoms with van der Waals surface area (Å²) in [5, 5.41) is 37.5. The Bertz CT molecular complexity index is 3250. The second-order valence-corrected chi connectivity index (χ2v) is 25.4. The van der Waals surface area contributed by atoms with Gasteiger partial charge in [-0.2, -0.15) is 0 Å². The van der Waals surface area contributed by atoms with Crippen molar-refractivity contribution < 1.29 is 77.0 Å². The van der Waals surface area contributed by atoms with Gasteiger partial charge < -0.3 is 86.5 Å². The largest absolute Gasteiger partial charge is 0.480 e. The molecule has 98 heavy (non-hydrogen) atoms. The number of carbonyl (C=O) groups excluding carboxylic acids is 14. The molecule has 11 atom stereocenters. The molecule has 0 radical (unpaired) electrons. The zero-order valence-corrected chi connectivity index (χ0v) is 56.8. The minimum absolute atomic E-state index is 0.0520. The van der Waals surface area contributed by atoms with Crippen LogP contribution in [0.3, 0.4) is 0 Å². The molecule has 0 aliphatic carbocycles. The highest BCUT2D eigenvalue weighted by molar-refractivity contribution is 6.00. The van der Waals surface area contributed by atoms with E-state index in [0.717, 1.165) is 5.56 Å². The molecule has 0 aliphatic heterocycles. The van der Waals surface area contributed by atoms with Crippen LogP contribution in [0.1, 0.15) is 118 Å². The van der Waals surface area contributed by atoms with E-state index >= 15 is 0 Å². The lowest BCUT2D eigenvalue weighted by atomic mass is 9.99. The quantitative estimate of drug-likeness (QED) is 0.0280. The fourth-order valence-corrected chi connectivity index (χ4v) is 9.93. The van der Waals surface area contributed by atoms with Crippen LogP contribution in [0.4, 0.5) is 0 Å². The average Bonchev–Trinajstić information content (AvgIpc) is 0.869. The maximum atomic E-state index is 14.2. The Kier molecular flexibility index (Phi) is 34.2. The fourth-order valence-electron chi connectivity index (χ4n) is 9.93. The van der Waals surface area contributed by atoms with Crippen molar-refractivity contribution in [2.75, 3.05) is 6.54 Å². The summed E-state index contributed by atoms with van der Waals surface area (Å²) in [4.78, 5) is 201. The highest BCUT2D eigenvalue weighted by Gasteiger charge is 2.38. The van der Waals surface area contributed by atoms with Crippen molar-refractivity contribution in [3.05, 3.63) is 108 Å². The SMILES string of the molecule is CC(C)C[C@H](NC(=O)[C@@H](NC(=O)CNC(=O)[C@H](CCC(N)=O)NC(=O)[C@@H](N)Cc1ccccc1)C(C)C)C(=O)N[C@@H](CCC(N)=O)C(=O)N[C@@H](CC(N)=O)C(=O)N[C@H](C(=O)N[C@@H](C)C(=O)N[C@@H](Cc1ccccc1)C(=O)N[C@H](C(=O)N[C@@H](Cc1ccccc1)C(=O)O)C(C)C)C(C)C. The van der Waals surface area contributed by atoms with Crippen molar-refractivity contribution in [1.82, 2.24) is 58.5 Å². The average molecular weight is 1370 g/mol.